The van der Waals surface area contributed by atoms with E-state index in [0.29, 0.717) is 40.6 Å². The van der Waals surface area contributed by atoms with Crippen LogP contribution in [0.1, 0.15) is 84.6 Å². The number of carbonyl (C=O) groups is 1. The summed E-state index contributed by atoms with van der Waals surface area (Å²) in [7, 11) is 1.47. The van der Waals surface area contributed by atoms with Gasteiger partial charge in [0.25, 0.3) is 0 Å². The number of Topliss-reactive ketones (excluding diaryl/α,β-unsaturated/α-hetero) is 1. The third-order valence-electron chi connectivity index (χ3n) is 13.3. The number of nitrogens with zero attached hydrogens (tertiary/aromatic N) is 1. The van der Waals surface area contributed by atoms with Crippen molar-refractivity contribution in [2.75, 3.05) is 36.0 Å². The minimum atomic E-state index is -0.385. The summed E-state index contributed by atoms with van der Waals surface area (Å²) in [5, 5.41) is 16.6. The van der Waals surface area contributed by atoms with Gasteiger partial charge in [0, 0.05) is 38.6 Å². The Morgan fingerprint density at radius 1 is 0.625 bits per heavy atom. The van der Waals surface area contributed by atoms with Gasteiger partial charge in [0.2, 0.25) is 5.78 Å². The highest BCUT2D eigenvalue weighted by atomic mass is 17.2. The Morgan fingerprint density at radius 2 is 1.22 bits per heavy atom. The van der Waals surface area contributed by atoms with Crippen LogP contribution in [0.15, 0.2) is 120 Å². The highest BCUT2D eigenvalue weighted by Crippen LogP contribution is 2.46. The lowest BCUT2D eigenvalue weighted by molar-refractivity contribution is -0.232. The summed E-state index contributed by atoms with van der Waals surface area (Å²) in [5.74, 6) is 3.07. The van der Waals surface area contributed by atoms with Crippen LogP contribution in [0.25, 0.3) is 32.7 Å². The fourth-order valence-corrected chi connectivity index (χ4v) is 9.42. The summed E-state index contributed by atoms with van der Waals surface area (Å²) < 4.78 is 12.5. The second kappa shape index (κ2) is 19.3. The van der Waals surface area contributed by atoms with Crippen LogP contribution in [-0.2, 0) is 14.6 Å². The average molecular weight is 853 g/mol. The molecule has 326 valence electrons. The molecule has 2 heterocycles. The van der Waals surface area contributed by atoms with Crippen molar-refractivity contribution in [1.29, 1.82) is 0 Å². The number of benzene rings is 6. The number of carbonyl (C=O) groups excluding carboxylic acids is 1. The first kappa shape index (κ1) is 43.1. The third-order valence-corrected chi connectivity index (χ3v) is 13.3. The number of ketones is 1. The summed E-state index contributed by atoms with van der Waals surface area (Å²) in [5.41, 5.74) is 6.46. The number of hydrogen-bond acceptors (Lipinski definition) is 9. The van der Waals surface area contributed by atoms with Gasteiger partial charge < -0.3 is 34.9 Å². The second-order valence-corrected chi connectivity index (χ2v) is 17.4. The molecular formula is C53H58B2N4O5. The van der Waals surface area contributed by atoms with E-state index >= 15 is 0 Å². The molecule has 2 atom stereocenters. The molecule has 0 spiro atoms. The normalized spacial score (nSPS) is 15.8. The maximum absolute atomic E-state index is 14.9. The topological polar surface area (TPSA) is 102 Å². The van der Waals surface area contributed by atoms with E-state index in [1.54, 1.807) is 0 Å². The van der Waals surface area contributed by atoms with Gasteiger partial charge in [-0.25, -0.2) is 0 Å². The molecule has 9 rings (SSSR count). The van der Waals surface area contributed by atoms with Gasteiger partial charge >= 0.3 is 14.0 Å². The zero-order valence-corrected chi connectivity index (χ0v) is 37.8. The molecule has 11 heteroatoms. The van der Waals surface area contributed by atoms with Crippen molar-refractivity contribution in [3.8, 4) is 11.5 Å². The lowest BCUT2D eigenvalue weighted by Crippen LogP contribution is -2.48. The van der Waals surface area contributed by atoms with Crippen molar-refractivity contribution in [3.63, 3.8) is 0 Å². The Kier molecular flexibility index (Phi) is 13.0. The first-order valence-electron chi connectivity index (χ1n) is 23.4. The number of rotatable bonds is 19. The Hall–Kier alpha value is -6.19. The van der Waals surface area contributed by atoms with Crippen LogP contribution in [0.2, 0.25) is 0 Å². The molecule has 9 nitrogen and oxygen atoms in total. The number of hydrogen-bond donors (Lipinski definition) is 3. The summed E-state index contributed by atoms with van der Waals surface area (Å²) in [4.78, 5) is 31.6. The predicted octanol–water partition coefficient (Wildman–Crippen LogP) is 9.58. The first-order chi connectivity index (χ1) is 31.4. The Morgan fingerprint density at radius 3 is 1.83 bits per heavy atom. The van der Waals surface area contributed by atoms with Gasteiger partial charge in [0.05, 0.1) is 36.8 Å². The van der Waals surface area contributed by atoms with E-state index in [0.717, 1.165) is 91.4 Å². The van der Waals surface area contributed by atoms with Crippen molar-refractivity contribution < 1.29 is 24.0 Å². The van der Waals surface area contributed by atoms with E-state index in [9.17, 15) is 4.79 Å². The van der Waals surface area contributed by atoms with Crippen LogP contribution in [0, 0.1) is 11.8 Å². The molecule has 0 aromatic heterocycles. The lowest BCUT2D eigenvalue weighted by atomic mass is 9.65. The summed E-state index contributed by atoms with van der Waals surface area (Å²) in [6, 6.07) is 37.0. The van der Waals surface area contributed by atoms with Gasteiger partial charge in [-0.05, 0) is 82.8 Å². The zero-order chi connectivity index (χ0) is 44.2. The third kappa shape index (κ3) is 8.46. The van der Waals surface area contributed by atoms with E-state index in [2.05, 4.69) is 104 Å². The van der Waals surface area contributed by atoms with Crippen LogP contribution >= 0.6 is 0 Å². The molecule has 3 N–H and O–H groups in total. The largest absolute Gasteiger partial charge is 0.493 e. The van der Waals surface area contributed by atoms with Crippen molar-refractivity contribution in [2.24, 2.45) is 16.7 Å². The maximum Gasteiger partial charge on any atom is 0.427 e. The number of anilines is 3. The molecule has 6 aromatic rings. The molecular weight excluding hydrogens is 794 g/mol. The standard InChI is InChI=1S/C53H58B2N4O5/c1-6-10-14-34(8-3)32-62-40-26-22-38(23-27-40)54-56-44-18-12-16-36-20-30-42(50(58-54)46(36)44)48-52(60)49(53(48)64-61-5)43-31-21-37-17-13-19-45-47(37)51(43)59-55(57-45)39-24-28-41(29-25-39)63-33-35(9-4)15-11-7-2/h12-13,16-31,34-35,56-58H,6-11,14-15,32-33H2,1-5H3/b49-43+. The van der Waals surface area contributed by atoms with Crippen molar-refractivity contribution >= 4 is 80.4 Å². The molecule has 6 aromatic carbocycles. The SMILES string of the molecule is CCCCC(CC)COc1ccc(B2N=c3/c(=C4\C(=O)C(c5ccc6cccc7c6c5NB(c5ccc(OCC(CC)CCCC)cc5)N7)=C4OOC)ccc4cccc(c34)N2)cc1. The van der Waals surface area contributed by atoms with Crippen LogP contribution in [0.5, 0.6) is 11.5 Å². The van der Waals surface area contributed by atoms with Crippen molar-refractivity contribution in [2.45, 2.75) is 79.1 Å². The Bertz CT molecular complexity index is 2830. The van der Waals surface area contributed by atoms with E-state index in [-0.39, 0.29) is 19.7 Å². The Balaban J connectivity index is 1.07. The summed E-state index contributed by atoms with van der Waals surface area (Å²) in [6.45, 7) is 9.73. The number of ether oxygens (including phenoxy) is 2. The van der Waals surface area contributed by atoms with Crippen LogP contribution in [0.4, 0.5) is 17.1 Å². The van der Waals surface area contributed by atoms with E-state index in [1.807, 2.05) is 48.5 Å². The fourth-order valence-electron chi connectivity index (χ4n) is 9.42. The number of unbranched alkanes of at least 4 members (excludes halogenated alkanes) is 2. The lowest BCUT2D eigenvalue weighted by Gasteiger charge is -2.31. The molecule has 0 fully saturated rings. The smallest absolute Gasteiger partial charge is 0.427 e. The van der Waals surface area contributed by atoms with Crippen LogP contribution in [-0.4, -0.2) is 40.1 Å². The van der Waals surface area contributed by atoms with Crippen molar-refractivity contribution in [3.05, 3.63) is 131 Å². The first-order valence-corrected chi connectivity index (χ1v) is 23.4. The molecule has 0 saturated heterocycles. The average Bonchev–Trinajstić information content (AvgIpc) is 3.33. The van der Waals surface area contributed by atoms with Gasteiger partial charge in [0.1, 0.15) is 11.5 Å². The Labute approximate surface area is 377 Å². The van der Waals surface area contributed by atoms with Gasteiger partial charge in [-0.15, -0.1) is 0 Å². The van der Waals surface area contributed by atoms with E-state index in [4.69, 9.17) is 24.2 Å². The quantitative estimate of drug-likeness (QED) is 0.0421. The molecule has 0 amide bonds. The monoisotopic (exact) mass is 852 g/mol. The molecule has 2 aliphatic heterocycles. The van der Waals surface area contributed by atoms with Gasteiger partial charge in [-0.2, -0.15) is 4.89 Å². The predicted molar refractivity (Wildman–Crippen MR) is 264 cm³/mol. The molecule has 1 aliphatic carbocycles. The van der Waals surface area contributed by atoms with Crippen LogP contribution in [0.3, 0.4) is 0 Å². The van der Waals surface area contributed by atoms with Crippen LogP contribution < -0.4 is 46.7 Å². The summed E-state index contributed by atoms with van der Waals surface area (Å²) >= 11 is 0. The van der Waals surface area contributed by atoms with Gasteiger partial charge in [-0.3, -0.25) is 4.79 Å². The van der Waals surface area contributed by atoms with E-state index in [1.165, 1.54) is 45.6 Å². The molecule has 0 radical (unpaired) electrons. The van der Waals surface area contributed by atoms with Gasteiger partial charge in [0.15, 0.2) is 5.76 Å². The molecule has 64 heavy (non-hydrogen) atoms. The number of allylic oxidation sites excluding steroid dienone is 2. The molecule has 3 aliphatic rings. The maximum atomic E-state index is 14.9. The second-order valence-electron chi connectivity index (χ2n) is 17.4. The molecule has 0 bridgehead atoms. The van der Waals surface area contributed by atoms with Gasteiger partial charge in [-0.1, -0.05) is 139 Å². The number of nitrogens with one attached hydrogen (secondary N) is 3. The molecule has 0 saturated carbocycles. The zero-order valence-electron chi connectivity index (χ0n) is 37.8. The minimum Gasteiger partial charge on any atom is -0.493 e. The van der Waals surface area contributed by atoms with Crippen molar-refractivity contribution in [1.82, 2.24) is 0 Å². The van der Waals surface area contributed by atoms with E-state index < -0.39 is 0 Å². The summed E-state index contributed by atoms with van der Waals surface area (Å²) in [6.07, 6.45) is 9.42. The molecule has 2 unspecified atom stereocenters. The highest BCUT2D eigenvalue weighted by Gasteiger charge is 2.41. The highest BCUT2D eigenvalue weighted by molar-refractivity contribution is 6.80. The minimum absolute atomic E-state index is 0.132. The fraction of sp³-hybridized carbons (Fsp3) is 0.321.